The van der Waals surface area contributed by atoms with Crippen LogP contribution < -0.4 is 5.32 Å². The van der Waals surface area contributed by atoms with Crippen molar-refractivity contribution in [1.29, 1.82) is 0 Å². The SMILES string of the molecule is O=C(NCCn1nccc1Br)c1cc(-c2ccco2)on1. The summed E-state index contributed by atoms with van der Waals surface area (Å²) in [5.41, 5.74) is 0.209. The second kappa shape index (κ2) is 5.96. The Morgan fingerprint density at radius 1 is 1.38 bits per heavy atom. The standard InChI is InChI=1S/C13H11BrN4O3/c14-12-3-4-16-18(12)6-5-15-13(19)9-8-11(21-17-9)10-2-1-7-20-10/h1-4,7-8H,5-6H2,(H,15,19). The quantitative estimate of drug-likeness (QED) is 0.762. The predicted octanol–water partition coefficient (Wildman–Crippen LogP) is 2.32. The molecule has 108 valence electrons. The summed E-state index contributed by atoms with van der Waals surface area (Å²) in [4.78, 5) is 11.9. The van der Waals surface area contributed by atoms with Crippen molar-refractivity contribution in [1.82, 2.24) is 20.3 Å². The van der Waals surface area contributed by atoms with Crippen LogP contribution in [0, 0.1) is 0 Å². The Morgan fingerprint density at radius 2 is 2.29 bits per heavy atom. The van der Waals surface area contributed by atoms with Crippen molar-refractivity contribution in [3.8, 4) is 11.5 Å². The van der Waals surface area contributed by atoms with Crippen molar-refractivity contribution in [3.05, 3.63) is 47.0 Å². The number of aromatic nitrogens is 3. The molecule has 1 amide bonds. The third-order valence-electron chi connectivity index (χ3n) is 2.78. The number of carbonyl (C=O) groups excluding carboxylic acids is 1. The number of furan rings is 1. The zero-order valence-electron chi connectivity index (χ0n) is 10.8. The maximum Gasteiger partial charge on any atom is 0.273 e. The minimum atomic E-state index is -0.306. The maximum absolute atomic E-state index is 11.9. The van der Waals surface area contributed by atoms with Crippen LogP contribution in [0.3, 0.4) is 0 Å². The predicted molar refractivity (Wildman–Crippen MR) is 76.5 cm³/mol. The van der Waals surface area contributed by atoms with Crippen molar-refractivity contribution < 1.29 is 13.7 Å². The van der Waals surface area contributed by atoms with Gasteiger partial charge in [-0.2, -0.15) is 5.10 Å². The van der Waals surface area contributed by atoms with Crippen LogP contribution in [0.15, 0.2) is 50.3 Å². The number of amides is 1. The molecule has 0 saturated carbocycles. The average Bonchev–Trinajstić information content (AvgIpc) is 3.19. The van der Waals surface area contributed by atoms with Gasteiger partial charge >= 0.3 is 0 Å². The number of rotatable bonds is 5. The fourth-order valence-electron chi connectivity index (χ4n) is 1.76. The van der Waals surface area contributed by atoms with E-state index in [1.165, 1.54) is 12.3 Å². The minimum Gasteiger partial charge on any atom is -0.461 e. The summed E-state index contributed by atoms with van der Waals surface area (Å²) in [6.07, 6.45) is 3.21. The fraction of sp³-hybridized carbons (Fsp3) is 0.154. The van der Waals surface area contributed by atoms with Gasteiger partial charge in [-0.25, -0.2) is 0 Å². The van der Waals surface area contributed by atoms with Gasteiger partial charge in [-0.15, -0.1) is 0 Å². The van der Waals surface area contributed by atoms with Crippen molar-refractivity contribution in [2.24, 2.45) is 0 Å². The van der Waals surface area contributed by atoms with Gasteiger partial charge in [0.15, 0.2) is 11.5 Å². The lowest BCUT2D eigenvalue weighted by atomic mass is 10.3. The van der Waals surface area contributed by atoms with Gasteiger partial charge in [-0.05, 0) is 34.1 Å². The molecule has 0 atom stereocenters. The van der Waals surface area contributed by atoms with Crippen LogP contribution in [-0.4, -0.2) is 27.4 Å². The molecular formula is C13H11BrN4O3. The van der Waals surface area contributed by atoms with E-state index in [1.54, 1.807) is 23.0 Å². The molecule has 0 aliphatic carbocycles. The van der Waals surface area contributed by atoms with E-state index in [0.29, 0.717) is 24.6 Å². The smallest absolute Gasteiger partial charge is 0.273 e. The first kappa shape index (κ1) is 13.6. The van der Waals surface area contributed by atoms with Crippen LogP contribution in [0.2, 0.25) is 0 Å². The Labute approximate surface area is 128 Å². The van der Waals surface area contributed by atoms with E-state index in [2.05, 4.69) is 31.5 Å². The largest absolute Gasteiger partial charge is 0.461 e. The van der Waals surface area contributed by atoms with Crippen LogP contribution in [-0.2, 0) is 6.54 Å². The van der Waals surface area contributed by atoms with Crippen LogP contribution in [0.4, 0.5) is 0 Å². The Kier molecular flexibility index (Phi) is 3.87. The van der Waals surface area contributed by atoms with E-state index in [-0.39, 0.29) is 11.6 Å². The normalized spacial score (nSPS) is 10.7. The van der Waals surface area contributed by atoms with Crippen molar-refractivity contribution >= 4 is 21.8 Å². The second-order valence-electron chi connectivity index (χ2n) is 4.19. The summed E-state index contributed by atoms with van der Waals surface area (Å²) in [5, 5.41) is 10.6. The molecule has 7 nitrogen and oxygen atoms in total. The Balaban J connectivity index is 1.57. The molecule has 3 aromatic rings. The zero-order chi connectivity index (χ0) is 14.7. The molecule has 0 unspecified atom stereocenters. The van der Waals surface area contributed by atoms with Crippen molar-refractivity contribution in [3.63, 3.8) is 0 Å². The molecule has 21 heavy (non-hydrogen) atoms. The zero-order valence-corrected chi connectivity index (χ0v) is 12.4. The molecule has 0 saturated heterocycles. The van der Waals surface area contributed by atoms with Crippen LogP contribution in [0.25, 0.3) is 11.5 Å². The number of nitrogens with zero attached hydrogens (tertiary/aromatic N) is 3. The van der Waals surface area contributed by atoms with E-state index < -0.39 is 0 Å². The highest BCUT2D eigenvalue weighted by atomic mass is 79.9. The molecule has 0 radical (unpaired) electrons. The van der Waals surface area contributed by atoms with Gasteiger partial charge in [0.25, 0.3) is 5.91 Å². The van der Waals surface area contributed by atoms with Crippen LogP contribution >= 0.6 is 15.9 Å². The number of nitrogens with one attached hydrogen (secondary N) is 1. The van der Waals surface area contributed by atoms with Gasteiger partial charge in [-0.3, -0.25) is 9.48 Å². The maximum atomic E-state index is 11.9. The van der Waals surface area contributed by atoms with Crippen LogP contribution in [0.5, 0.6) is 0 Å². The van der Waals surface area contributed by atoms with Gasteiger partial charge in [0.1, 0.15) is 4.60 Å². The summed E-state index contributed by atoms with van der Waals surface area (Å²) in [6, 6.07) is 6.84. The number of halogens is 1. The van der Waals surface area contributed by atoms with Gasteiger partial charge in [0.05, 0.1) is 19.0 Å². The Bertz CT molecular complexity index is 732. The van der Waals surface area contributed by atoms with Crippen LogP contribution in [0.1, 0.15) is 10.5 Å². The highest BCUT2D eigenvalue weighted by Crippen LogP contribution is 2.20. The summed E-state index contributed by atoms with van der Waals surface area (Å²) in [5.74, 6) is 0.641. The Hall–Kier alpha value is -2.35. The first-order valence-electron chi connectivity index (χ1n) is 6.20. The lowest BCUT2D eigenvalue weighted by molar-refractivity contribution is 0.0943. The number of carbonyl (C=O) groups is 1. The molecule has 0 spiro atoms. The molecule has 0 fully saturated rings. The van der Waals surface area contributed by atoms with E-state index >= 15 is 0 Å². The molecular weight excluding hydrogens is 340 g/mol. The lowest BCUT2D eigenvalue weighted by Gasteiger charge is -2.04. The topological polar surface area (TPSA) is 86.1 Å². The third-order valence-corrected chi connectivity index (χ3v) is 3.45. The molecule has 0 aliphatic heterocycles. The molecule has 0 aliphatic rings. The summed E-state index contributed by atoms with van der Waals surface area (Å²) in [6.45, 7) is 0.990. The molecule has 0 aromatic carbocycles. The lowest BCUT2D eigenvalue weighted by Crippen LogP contribution is -2.27. The van der Waals surface area contributed by atoms with Gasteiger partial charge < -0.3 is 14.3 Å². The fourth-order valence-corrected chi connectivity index (χ4v) is 2.15. The van der Waals surface area contributed by atoms with Crippen molar-refractivity contribution in [2.45, 2.75) is 6.54 Å². The van der Waals surface area contributed by atoms with E-state index in [4.69, 9.17) is 8.94 Å². The van der Waals surface area contributed by atoms with E-state index in [9.17, 15) is 4.79 Å². The summed E-state index contributed by atoms with van der Waals surface area (Å²) < 4.78 is 12.8. The number of hydrogen-bond acceptors (Lipinski definition) is 5. The van der Waals surface area contributed by atoms with Crippen molar-refractivity contribution in [2.75, 3.05) is 6.54 Å². The highest BCUT2D eigenvalue weighted by molar-refractivity contribution is 9.10. The summed E-state index contributed by atoms with van der Waals surface area (Å²) in [7, 11) is 0. The highest BCUT2D eigenvalue weighted by Gasteiger charge is 2.14. The molecule has 1 N–H and O–H groups in total. The average molecular weight is 351 g/mol. The molecule has 3 rings (SSSR count). The molecule has 8 heteroatoms. The van der Waals surface area contributed by atoms with Gasteiger partial charge in [0.2, 0.25) is 5.76 Å². The number of hydrogen-bond donors (Lipinski definition) is 1. The third kappa shape index (κ3) is 3.05. The Morgan fingerprint density at radius 3 is 3.00 bits per heavy atom. The second-order valence-corrected chi connectivity index (χ2v) is 5.00. The molecule has 3 heterocycles. The van der Waals surface area contributed by atoms with E-state index in [0.717, 1.165) is 4.60 Å². The first-order chi connectivity index (χ1) is 10.2. The van der Waals surface area contributed by atoms with Gasteiger partial charge in [-0.1, -0.05) is 5.16 Å². The minimum absolute atomic E-state index is 0.209. The molecule has 3 aromatic heterocycles. The monoisotopic (exact) mass is 350 g/mol. The summed E-state index contributed by atoms with van der Waals surface area (Å²) >= 11 is 3.35. The first-order valence-corrected chi connectivity index (χ1v) is 6.99. The van der Waals surface area contributed by atoms with E-state index in [1.807, 2.05) is 6.07 Å². The molecule has 0 bridgehead atoms. The van der Waals surface area contributed by atoms with Gasteiger partial charge in [0, 0.05) is 12.6 Å².